The van der Waals surface area contributed by atoms with Gasteiger partial charge in [-0.15, -0.1) is 0 Å². The van der Waals surface area contributed by atoms with Gasteiger partial charge in [-0.05, 0) is 43.0 Å². The van der Waals surface area contributed by atoms with E-state index in [4.69, 9.17) is 4.74 Å². The van der Waals surface area contributed by atoms with E-state index in [1.165, 1.54) is 13.2 Å². The lowest BCUT2D eigenvalue weighted by molar-refractivity contribution is -0.122. The molecule has 2 rings (SSSR count). The fraction of sp³-hybridized carbons (Fsp3) is 0.381. The Labute approximate surface area is 167 Å². The maximum atomic E-state index is 13.0. The van der Waals surface area contributed by atoms with E-state index in [2.05, 4.69) is 10.0 Å². The van der Waals surface area contributed by atoms with Gasteiger partial charge in [0.25, 0.3) is 0 Å². The van der Waals surface area contributed by atoms with Crippen LogP contribution in [0.2, 0.25) is 0 Å². The molecule has 2 aromatic rings. The Balaban J connectivity index is 2.29. The Hall–Kier alpha value is -2.38. The molecule has 0 saturated carbocycles. The average Bonchev–Trinajstić information content (AvgIpc) is 2.68. The highest BCUT2D eigenvalue weighted by atomic mass is 32.2. The number of amides is 1. The predicted octanol–water partition coefficient (Wildman–Crippen LogP) is 2.81. The van der Waals surface area contributed by atoms with E-state index in [-0.39, 0.29) is 23.0 Å². The number of aryl methyl sites for hydroxylation is 1. The topological polar surface area (TPSA) is 84.5 Å². The van der Waals surface area contributed by atoms with E-state index in [0.717, 1.165) is 24.0 Å². The molecule has 0 aromatic heterocycles. The summed E-state index contributed by atoms with van der Waals surface area (Å²) in [7, 11) is -2.54. The molecule has 2 aromatic carbocycles. The number of unbranched alkanes of at least 4 members (excludes halogenated alkanes) is 1. The molecule has 0 unspecified atom stereocenters. The number of ether oxygens (including phenoxy) is 1. The monoisotopic (exact) mass is 404 g/mol. The first kappa shape index (κ1) is 21.9. The van der Waals surface area contributed by atoms with Crippen LogP contribution in [0.4, 0.5) is 0 Å². The molecule has 1 atom stereocenters. The minimum atomic E-state index is -3.96. The third-order valence-corrected chi connectivity index (χ3v) is 5.83. The van der Waals surface area contributed by atoms with Gasteiger partial charge in [-0.3, -0.25) is 4.79 Å². The molecule has 1 amide bonds. The van der Waals surface area contributed by atoms with E-state index in [9.17, 15) is 13.2 Å². The number of rotatable bonds is 10. The Morgan fingerprint density at radius 2 is 1.86 bits per heavy atom. The summed E-state index contributed by atoms with van der Waals surface area (Å²) < 4.78 is 33.8. The molecule has 0 bridgehead atoms. The van der Waals surface area contributed by atoms with Crippen molar-refractivity contribution in [3.05, 3.63) is 59.7 Å². The zero-order chi connectivity index (χ0) is 20.6. The zero-order valence-corrected chi connectivity index (χ0v) is 17.4. The summed E-state index contributed by atoms with van der Waals surface area (Å²) in [4.78, 5) is 12.7. The van der Waals surface area contributed by atoms with Crippen molar-refractivity contribution in [1.29, 1.82) is 0 Å². The Morgan fingerprint density at radius 3 is 2.50 bits per heavy atom. The van der Waals surface area contributed by atoms with Crippen LogP contribution in [-0.4, -0.2) is 34.0 Å². The molecule has 0 spiro atoms. The third kappa shape index (κ3) is 6.07. The molecular formula is C21H28N2O4S. The normalized spacial score (nSPS) is 12.4. The lowest BCUT2D eigenvalue weighted by atomic mass is 10.1. The summed E-state index contributed by atoms with van der Waals surface area (Å²) in [6.07, 6.45) is 2.03. The minimum absolute atomic E-state index is 0.0226. The molecule has 2 N–H and O–H groups in total. The van der Waals surface area contributed by atoms with Crippen LogP contribution in [0.25, 0.3) is 0 Å². The first-order valence-corrected chi connectivity index (χ1v) is 10.8. The van der Waals surface area contributed by atoms with Crippen LogP contribution in [0.15, 0.2) is 53.4 Å². The van der Waals surface area contributed by atoms with Crippen molar-refractivity contribution in [1.82, 2.24) is 10.0 Å². The number of sulfonamides is 1. The van der Waals surface area contributed by atoms with Gasteiger partial charge in [0.2, 0.25) is 15.9 Å². The van der Waals surface area contributed by atoms with Gasteiger partial charge in [0.05, 0.1) is 7.11 Å². The number of carbonyl (C=O) groups excluding carboxylic acids is 1. The van der Waals surface area contributed by atoms with Crippen molar-refractivity contribution in [3.8, 4) is 5.75 Å². The standard InChI is InChI=1S/C21H28N2O4S/c1-4-5-13-22-21(24)18(15-17-9-7-6-8-10-17)23-28(25,26)20-14-16(2)11-12-19(20)27-3/h6-12,14,18,23H,4-5,13,15H2,1-3H3,(H,22,24)/t18-/m0/s1. The highest BCUT2D eigenvalue weighted by Gasteiger charge is 2.28. The summed E-state index contributed by atoms with van der Waals surface area (Å²) in [6.45, 7) is 4.34. The summed E-state index contributed by atoms with van der Waals surface area (Å²) in [5.74, 6) is -0.101. The number of nitrogens with one attached hydrogen (secondary N) is 2. The second-order valence-corrected chi connectivity index (χ2v) is 8.34. The first-order chi connectivity index (χ1) is 13.4. The zero-order valence-electron chi connectivity index (χ0n) is 16.6. The van der Waals surface area contributed by atoms with Crippen LogP contribution < -0.4 is 14.8 Å². The van der Waals surface area contributed by atoms with Gasteiger partial charge in [-0.25, -0.2) is 8.42 Å². The highest BCUT2D eigenvalue weighted by molar-refractivity contribution is 7.89. The average molecular weight is 405 g/mol. The number of hydrogen-bond acceptors (Lipinski definition) is 4. The summed E-state index contributed by atoms with van der Waals surface area (Å²) >= 11 is 0. The third-order valence-electron chi connectivity index (χ3n) is 4.33. The molecule has 6 nitrogen and oxygen atoms in total. The highest BCUT2D eigenvalue weighted by Crippen LogP contribution is 2.25. The van der Waals surface area contributed by atoms with Crippen molar-refractivity contribution in [3.63, 3.8) is 0 Å². The van der Waals surface area contributed by atoms with Gasteiger partial charge in [0.15, 0.2) is 0 Å². The molecule has 7 heteroatoms. The fourth-order valence-electron chi connectivity index (χ4n) is 2.79. The van der Waals surface area contributed by atoms with E-state index in [0.29, 0.717) is 6.54 Å². The smallest absolute Gasteiger partial charge is 0.244 e. The van der Waals surface area contributed by atoms with Crippen LogP contribution in [0.5, 0.6) is 5.75 Å². The van der Waals surface area contributed by atoms with Crippen molar-refractivity contribution in [2.75, 3.05) is 13.7 Å². The second kappa shape index (κ2) is 10.2. The molecule has 0 aliphatic carbocycles. The molecule has 0 aliphatic heterocycles. The van der Waals surface area contributed by atoms with Gasteiger partial charge >= 0.3 is 0 Å². The Bertz CT molecular complexity index is 883. The van der Waals surface area contributed by atoms with E-state index >= 15 is 0 Å². The Morgan fingerprint density at radius 1 is 1.14 bits per heavy atom. The van der Waals surface area contributed by atoms with Gasteiger partial charge in [-0.2, -0.15) is 4.72 Å². The first-order valence-electron chi connectivity index (χ1n) is 9.36. The molecule has 0 saturated heterocycles. The molecular weight excluding hydrogens is 376 g/mol. The van der Waals surface area contributed by atoms with Gasteiger partial charge in [0.1, 0.15) is 16.7 Å². The Kier molecular flexibility index (Phi) is 8.02. The predicted molar refractivity (Wildman–Crippen MR) is 110 cm³/mol. The van der Waals surface area contributed by atoms with Crippen LogP contribution >= 0.6 is 0 Å². The largest absolute Gasteiger partial charge is 0.495 e. The van der Waals surface area contributed by atoms with Crippen LogP contribution in [-0.2, 0) is 21.2 Å². The lowest BCUT2D eigenvalue weighted by Crippen LogP contribution is -2.48. The van der Waals surface area contributed by atoms with Crippen molar-refractivity contribution >= 4 is 15.9 Å². The summed E-state index contributed by atoms with van der Waals surface area (Å²) in [5, 5.41) is 2.82. The fourth-order valence-corrected chi connectivity index (χ4v) is 4.24. The number of benzene rings is 2. The molecule has 0 fully saturated rings. The molecule has 152 valence electrons. The maximum absolute atomic E-state index is 13.0. The van der Waals surface area contributed by atoms with Crippen LogP contribution in [0.3, 0.4) is 0 Å². The molecule has 28 heavy (non-hydrogen) atoms. The van der Waals surface area contributed by atoms with Gasteiger partial charge in [-0.1, -0.05) is 49.7 Å². The number of methoxy groups -OCH3 is 1. The minimum Gasteiger partial charge on any atom is -0.495 e. The molecule has 0 aliphatic rings. The second-order valence-electron chi connectivity index (χ2n) is 6.66. The van der Waals surface area contributed by atoms with Crippen LogP contribution in [0.1, 0.15) is 30.9 Å². The number of hydrogen-bond donors (Lipinski definition) is 2. The van der Waals surface area contributed by atoms with E-state index < -0.39 is 16.1 Å². The number of carbonyl (C=O) groups is 1. The molecule has 0 radical (unpaired) electrons. The van der Waals surface area contributed by atoms with E-state index in [1.807, 2.05) is 37.3 Å². The van der Waals surface area contributed by atoms with Crippen molar-refractivity contribution < 1.29 is 17.9 Å². The quantitative estimate of drug-likeness (QED) is 0.597. The molecule has 0 heterocycles. The lowest BCUT2D eigenvalue weighted by Gasteiger charge is -2.20. The summed E-state index contributed by atoms with van der Waals surface area (Å²) in [5.41, 5.74) is 1.66. The van der Waals surface area contributed by atoms with Gasteiger partial charge < -0.3 is 10.1 Å². The SMILES string of the molecule is CCCCNC(=O)[C@H](Cc1ccccc1)NS(=O)(=O)c1cc(C)ccc1OC. The van der Waals surface area contributed by atoms with E-state index in [1.54, 1.807) is 19.1 Å². The maximum Gasteiger partial charge on any atom is 0.244 e. The van der Waals surface area contributed by atoms with Crippen molar-refractivity contribution in [2.45, 2.75) is 44.0 Å². The van der Waals surface area contributed by atoms with Gasteiger partial charge in [0, 0.05) is 6.54 Å². The van der Waals surface area contributed by atoms with Crippen molar-refractivity contribution in [2.24, 2.45) is 0 Å². The van der Waals surface area contributed by atoms with Crippen LogP contribution in [0, 0.1) is 6.92 Å². The summed E-state index contributed by atoms with van der Waals surface area (Å²) in [6, 6.07) is 13.3.